The van der Waals surface area contributed by atoms with Crippen molar-refractivity contribution in [1.29, 1.82) is 0 Å². The van der Waals surface area contributed by atoms with Gasteiger partial charge in [0.15, 0.2) is 0 Å². The average Bonchev–Trinajstić information content (AvgIpc) is 1.97. The van der Waals surface area contributed by atoms with Gasteiger partial charge in [0.05, 0.1) is 6.61 Å². The van der Waals surface area contributed by atoms with Gasteiger partial charge >= 0.3 is 8.25 Å². The molecule has 0 radical (unpaired) electrons. The van der Waals surface area contributed by atoms with Crippen LogP contribution in [0.4, 0.5) is 0 Å². The second-order valence-electron chi connectivity index (χ2n) is 2.15. The van der Waals surface area contributed by atoms with E-state index in [-0.39, 0.29) is 19.1 Å². The molecule has 0 aliphatic heterocycles. The highest BCUT2D eigenvalue weighted by Gasteiger charge is 1.99. The summed E-state index contributed by atoms with van der Waals surface area (Å²) in [6.07, 6.45) is 0. The summed E-state index contributed by atoms with van der Waals surface area (Å²) in [5.41, 5.74) is 0.395. The summed E-state index contributed by atoms with van der Waals surface area (Å²) in [6.45, 7) is 5.23. The summed E-state index contributed by atoms with van der Waals surface area (Å²) in [5, 5.41) is 2.44. The smallest absolute Gasteiger partial charge is 0.316 e. The van der Waals surface area contributed by atoms with Gasteiger partial charge < -0.3 is 14.7 Å². The third-order valence-corrected chi connectivity index (χ3v) is 1.45. The summed E-state index contributed by atoms with van der Waals surface area (Å²) in [5.74, 6) is -0.281. The Labute approximate surface area is 71.4 Å². The maximum Gasteiger partial charge on any atom is 0.316 e. The molecule has 12 heavy (non-hydrogen) atoms. The van der Waals surface area contributed by atoms with Gasteiger partial charge in [-0.1, -0.05) is 6.58 Å². The highest BCUT2D eigenvalue weighted by Crippen LogP contribution is 2.12. The van der Waals surface area contributed by atoms with Crippen LogP contribution in [0, 0.1) is 0 Å². The summed E-state index contributed by atoms with van der Waals surface area (Å²) < 4.78 is 14.3. The highest BCUT2D eigenvalue weighted by molar-refractivity contribution is 7.32. The van der Waals surface area contributed by atoms with E-state index in [0.717, 1.165) is 0 Å². The molecule has 0 aliphatic rings. The van der Waals surface area contributed by atoms with E-state index >= 15 is 0 Å². The molecule has 0 bridgehead atoms. The van der Waals surface area contributed by atoms with Gasteiger partial charge in [-0.05, 0) is 6.92 Å². The first-order valence-electron chi connectivity index (χ1n) is 3.33. The molecule has 5 nitrogen and oxygen atoms in total. The molecule has 1 unspecified atom stereocenters. The molecule has 0 heterocycles. The summed E-state index contributed by atoms with van der Waals surface area (Å²) in [6, 6.07) is 0. The molecule has 2 N–H and O–H groups in total. The summed E-state index contributed by atoms with van der Waals surface area (Å²) in [4.78, 5) is 19.0. The summed E-state index contributed by atoms with van der Waals surface area (Å²) >= 11 is 0. The molecular weight excluding hydrogens is 181 g/mol. The summed E-state index contributed by atoms with van der Waals surface area (Å²) in [7, 11) is -2.88. The highest BCUT2D eigenvalue weighted by atomic mass is 31.1. The number of amides is 1. The van der Waals surface area contributed by atoms with E-state index in [1.165, 1.54) is 0 Å². The standard InChI is InChI=1S/C6H12NO4P/c1-5(2)6(8)7-3-4-11-12(9)10/h12H,1,3-4H2,2H3,(H,7,8)(H,9,10). The second kappa shape index (κ2) is 5.94. The maximum absolute atomic E-state index is 10.8. The first kappa shape index (κ1) is 11.4. The van der Waals surface area contributed by atoms with Crippen molar-refractivity contribution >= 4 is 14.2 Å². The van der Waals surface area contributed by atoms with Gasteiger partial charge in [0.25, 0.3) is 0 Å². The first-order chi connectivity index (χ1) is 5.54. The Morgan fingerprint density at radius 1 is 1.75 bits per heavy atom. The molecule has 0 saturated carbocycles. The van der Waals surface area contributed by atoms with Crippen LogP contribution in [-0.4, -0.2) is 24.0 Å². The van der Waals surface area contributed by atoms with E-state index in [9.17, 15) is 9.36 Å². The number of carbonyl (C=O) groups is 1. The van der Waals surface area contributed by atoms with E-state index in [0.29, 0.717) is 5.57 Å². The lowest BCUT2D eigenvalue weighted by molar-refractivity contribution is -0.117. The zero-order valence-electron chi connectivity index (χ0n) is 6.79. The van der Waals surface area contributed by atoms with Crippen molar-refractivity contribution in [2.45, 2.75) is 6.92 Å². The molecule has 6 heteroatoms. The lowest BCUT2D eigenvalue weighted by Gasteiger charge is -2.02. The minimum Gasteiger partial charge on any atom is -0.350 e. The Balaban J connectivity index is 3.38. The minimum atomic E-state index is -2.88. The Morgan fingerprint density at radius 2 is 2.33 bits per heavy atom. The van der Waals surface area contributed by atoms with Gasteiger partial charge in [0.1, 0.15) is 0 Å². The van der Waals surface area contributed by atoms with E-state index in [1.54, 1.807) is 6.92 Å². The molecule has 0 aliphatic carbocycles. The van der Waals surface area contributed by atoms with Crippen molar-refractivity contribution in [3.05, 3.63) is 12.2 Å². The fraction of sp³-hybridized carbons (Fsp3) is 0.500. The largest absolute Gasteiger partial charge is 0.350 e. The first-order valence-corrected chi connectivity index (χ1v) is 4.60. The Kier molecular flexibility index (Phi) is 5.62. The Morgan fingerprint density at radius 3 is 2.75 bits per heavy atom. The van der Waals surface area contributed by atoms with Crippen LogP contribution in [0.3, 0.4) is 0 Å². The van der Waals surface area contributed by atoms with E-state index in [4.69, 9.17) is 4.89 Å². The van der Waals surface area contributed by atoms with Crippen LogP contribution in [0.25, 0.3) is 0 Å². The molecule has 0 aromatic carbocycles. The number of hydrogen-bond donors (Lipinski definition) is 2. The average molecular weight is 193 g/mol. The molecule has 0 saturated heterocycles. The normalized spacial score (nSPS) is 12.2. The third-order valence-electron chi connectivity index (χ3n) is 1.00. The third kappa shape index (κ3) is 6.09. The van der Waals surface area contributed by atoms with E-state index in [2.05, 4.69) is 16.4 Å². The molecule has 70 valence electrons. The van der Waals surface area contributed by atoms with Crippen molar-refractivity contribution < 1.29 is 18.8 Å². The zero-order valence-corrected chi connectivity index (χ0v) is 7.79. The number of carbonyl (C=O) groups excluding carboxylic acids is 1. The van der Waals surface area contributed by atoms with Crippen molar-refractivity contribution in [2.75, 3.05) is 13.2 Å². The predicted octanol–water partition coefficient (Wildman–Crippen LogP) is 0.0773. The number of rotatable bonds is 5. The maximum atomic E-state index is 10.8. The van der Waals surface area contributed by atoms with Gasteiger partial charge in [0.2, 0.25) is 5.91 Å². The Hall–Kier alpha value is -0.640. The van der Waals surface area contributed by atoms with Gasteiger partial charge in [-0.15, -0.1) is 0 Å². The quantitative estimate of drug-likeness (QED) is 0.368. The van der Waals surface area contributed by atoms with Crippen LogP contribution in [-0.2, 0) is 13.9 Å². The number of hydrogen-bond acceptors (Lipinski definition) is 3. The minimum absolute atomic E-state index is 0.0350. The van der Waals surface area contributed by atoms with Crippen LogP contribution >= 0.6 is 8.25 Å². The van der Waals surface area contributed by atoms with Gasteiger partial charge in [-0.25, -0.2) is 0 Å². The van der Waals surface area contributed by atoms with Crippen LogP contribution in [0.1, 0.15) is 6.92 Å². The topological polar surface area (TPSA) is 75.6 Å². The van der Waals surface area contributed by atoms with Crippen molar-refractivity contribution in [1.82, 2.24) is 5.32 Å². The van der Waals surface area contributed by atoms with Gasteiger partial charge in [-0.2, -0.15) is 0 Å². The molecular formula is C6H12NO4P. The Bertz CT molecular complexity index is 204. The number of nitrogens with one attached hydrogen (secondary N) is 1. The SMILES string of the molecule is C=C(C)C(=O)NCCO[PH](=O)O. The fourth-order valence-corrected chi connectivity index (χ4v) is 0.730. The van der Waals surface area contributed by atoms with Gasteiger partial charge in [0, 0.05) is 12.1 Å². The molecule has 0 rings (SSSR count). The fourth-order valence-electron chi connectivity index (χ4n) is 0.454. The molecule has 0 spiro atoms. The molecule has 0 aromatic rings. The van der Waals surface area contributed by atoms with Crippen molar-refractivity contribution in [2.24, 2.45) is 0 Å². The molecule has 0 aromatic heterocycles. The van der Waals surface area contributed by atoms with Gasteiger partial charge in [-0.3, -0.25) is 9.36 Å². The lowest BCUT2D eigenvalue weighted by atomic mass is 10.3. The predicted molar refractivity (Wildman–Crippen MR) is 45.0 cm³/mol. The van der Waals surface area contributed by atoms with E-state index in [1.807, 2.05) is 0 Å². The molecule has 0 fully saturated rings. The van der Waals surface area contributed by atoms with E-state index < -0.39 is 8.25 Å². The second-order valence-corrected chi connectivity index (χ2v) is 2.97. The zero-order chi connectivity index (χ0) is 9.56. The van der Waals surface area contributed by atoms with Crippen LogP contribution < -0.4 is 5.32 Å². The van der Waals surface area contributed by atoms with Crippen molar-refractivity contribution in [3.8, 4) is 0 Å². The van der Waals surface area contributed by atoms with Crippen LogP contribution in [0.5, 0.6) is 0 Å². The molecule has 1 amide bonds. The molecule has 1 atom stereocenters. The van der Waals surface area contributed by atoms with Crippen molar-refractivity contribution in [3.63, 3.8) is 0 Å². The van der Waals surface area contributed by atoms with Crippen LogP contribution in [0.2, 0.25) is 0 Å². The monoisotopic (exact) mass is 193 g/mol. The lowest BCUT2D eigenvalue weighted by Crippen LogP contribution is -2.26. The van der Waals surface area contributed by atoms with Crippen LogP contribution in [0.15, 0.2) is 12.2 Å².